The van der Waals surface area contributed by atoms with Crippen LogP contribution in [-0.2, 0) is 14.3 Å². The highest BCUT2D eigenvalue weighted by Gasteiger charge is 2.53. The number of rotatable bonds is 4. The van der Waals surface area contributed by atoms with Gasteiger partial charge in [0, 0.05) is 32.0 Å². The molecule has 1 saturated heterocycles. The Balaban J connectivity index is 1.79. The predicted molar refractivity (Wildman–Crippen MR) is 96.1 cm³/mol. The number of nitrogens with zero attached hydrogens (tertiary/aromatic N) is 1. The van der Waals surface area contributed by atoms with E-state index in [4.69, 9.17) is 21.7 Å². The molecule has 1 saturated carbocycles. The second kappa shape index (κ2) is 7.52. The lowest BCUT2D eigenvalue weighted by Crippen LogP contribution is -2.53. The van der Waals surface area contributed by atoms with Gasteiger partial charge in [-0.15, -0.1) is 0 Å². The number of nitrogens with one attached hydrogen (secondary N) is 3. The zero-order valence-electron chi connectivity index (χ0n) is 14.2. The number of non-ortho nitro benzene ring substituents is 1. The zero-order valence-corrected chi connectivity index (χ0v) is 15.0. The van der Waals surface area contributed by atoms with Crippen LogP contribution in [0.15, 0.2) is 24.3 Å². The van der Waals surface area contributed by atoms with Crippen LogP contribution in [0.3, 0.4) is 0 Å². The maximum atomic E-state index is 12.8. The van der Waals surface area contributed by atoms with Gasteiger partial charge >= 0.3 is 0 Å². The number of benzene rings is 1. The summed E-state index contributed by atoms with van der Waals surface area (Å²) in [6.07, 6.45) is 1.12. The maximum Gasteiger partial charge on any atom is 0.269 e. The van der Waals surface area contributed by atoms with E-state index in [1.807, 2.05) is 0 Å². The number of carbonyl (C=O) groups is 1. The Morgan fingerprint density at radius 3 is 2.65 bits per heavy atom. The van der Waals surface area contributed by atoms with Gasteiger partial charge in [-0.05, 0) is 23.7 Å². The molecule has 1 atom stereocenters. The summed E-state index contributed by atoms with van der Waals surface area (Å²) in [6, 6.07) is 6.13. The summed E-state index contributed by atoms with van der Waals surface area (Å²) in [7, 11) is 1.63. The fourth-order valence-corrected chi connectivity index (χ4v) is 3.49. The molecule has 0 aromatic heterocycles. The first kappa shape index (κ1) is 18.5. The van der Waals surface area contributed by atoms with Crippen LogP contribution >= 0.6 is 12.2 Å². The predicted octanol–water partition coefficient (Wildman–Crippen LogP) is 0.957. The first-order valence-corrected chi connectivity index (χ1v) is 8.65. The lowest BCUT2D eigenvalue weighted by molar-refractivity contribution is -0.384. The van der Waals surface area contributed by atoms with Crippen molar-refractivity contribution in [3.05, 3.63) is 39.9 Å². The fraction of sp³-hybridized carbons (Fsp3) is 0.500. The molecule has 1 heterocycles. The van der Waals surface area contributed by atoms with Gasteiger partial charge in [-0.25, -0.2) is 0 Å². The van der Waals surface area contributed by atoms with Crippen molar-refractivity contribution in [3.8, 4) is 0 Å². The van der Waals surface area contributed by atoms with Gasteiger partial charge in [0.1, 0.15) is 0 Å². The molecule has 1 aromatic carbocycles. The van der Waals surface area contributed by atoms with Crippen molar-refractivity contribution in [1.82, 2.24) is 16.2 Å². The second-order valence-corrected chi connectivity index (χ2v) is 6.71. The van der Waals surface area contributed by atoms with Crippen LogP contribution in [0.5, 0.6) is 0 Å². The monoisotopic (exact) mass is 380 g/mol. The molecule has 140 valence electrons. The number of thiocarbonyl (C=S) groups is 1. The molecule has 1 aliphatic carbocycles. The topological polar surface area (TPSA) is 115 Å². The average Bonchev–Trinajstić information content (AvgIpc) is 3.09. The van der Waals surface area contributed by atoms with Gasteiger partial charge in [0.15, 0.2) is 10.9 Å². The van der Waals surface area contributed by atoms with Gasteiger partial charge in [0.05, 0.1) is 24.1 Å². The summed E-state index contributed by atoms with van der Waals surface area (Å²) in [5.74, 6) is -1.57. The number of hydrogen-bond acceptors (Lipinski definition) is 6. The molecule has 2 fully saturated rings. The molecule has 0 radical (unpaired) electrons. The van der Waals surface area contributed by atoms with Gasteiger partial charge in [-0.3, -0.25) is 25.8 Å². The Hall–Kier alpha value is -2.30. The summed E-state index contributed by atoms with van der Waals surface area (Å²) in [4.78, 5) is 23.4. The molecule has 2 aliphatic rings. The number of amides is 1. The van der Waals surface area contributed by atoms with Crippen LogP contribution in [0.4, 0.5) is 5.69 Å². The largest absolute Gasteiger partial charge is 0.364 e. The molecule has 1 aliphatic heterocycles. The van der Waals surface area contributed by atoms with E-state index in [1.165, 1.54) is 12.1 Å². The molecule has 9 nitrogen and oxygen atoms in total. The van der Waals surface area contributed by atoms with Crippen molar-refractivity contribution in [3.63, 3.8) is 0 Å². The summed E-state index contributed by atoms with van der Waals surface area (Å²) >= 11 is 4.96. The third-order valence-corrected chi connectivity index (χ3v) is 4.99. The minimum Gasteiger partial charge on any atom is -0.364 e. The lowest BCUT2D eigenvalue weighted by Gasteiger charge is -2.45. The second-order valence-electron chi connectivity index (χ2n) is 6.30. The van der Waals surface area contributed by atoms with Gasteiger partial charge in [0.2, 0.25) is 5.91 Å². The molecule has 10 heteroatoms. The van der Waals surface area contributed by atoms with E-state index in [0.29, 0.717) is 31.6 Å². The smallest absolute Gasteiger partial charge is 0.269 e. The Labute approximate surface area is 155 Å². The number of ether oxygens (including phenoxy) is 2. The van der Waals surface area contributed by atoms with Crippen LogP contribution in [0.1, 0.15) is 24.3 Å². The highest BCUT2D eigenvalue weighted by Crippen LogP contribution is 2.50. The van der Waals surface area contributed by atoms with Crippen molar-refractivity contribution in [1.29, 1.82) is 0 Å². The van der Waals surface area contributed by atoms with Crippen LogP contribution in [0.25, 0.3) is 0 Å². The van der Waals surface area contributed by atoms with Gasteiger partial charge in [-0.2, -0.15) is 0 Å². The van der Waals surface area contributed by atoms with Gasteiger partial charge in [-0.1, -0.05) is 12.1 Å². The van der Waals surface area contributed by atoms with Crippen molar-refractivity contribution in [2.75, 3.05) is 20.3 Å². The van der Waals surface area contributed by atoms with E-state index in [9.17, 15) is 14.9 Å². The summed E-state index contributed by atoms with van der Waals surface area (Å²) in [5, 5.41) is 14.0. The summed E-state index contributed by atoms with van der Waals surface area (Å²) in [5.41, 5.74) is 5.69. The standard InChI is InChI=1S/C16H20N4O5S/c1-17-15(26)19-18-14(21)13(10-3-2-4-12(7-10)20(22)23)11-8-16(9-11)24-5-6-25-16/h2-4,7,11,13H,5-6,8-9H2,1H3,(H,18,21)(H2,17,19,26). The number of hydrogen-bond donors (Lipinski definition) is 3. The van der Waals surface area contributed by atoms with Gasteiger partial charge < -0.3 is 14.8 Å². The van der Waals surface area contributed by atoms with Crippen molar-refractivity contribution >= 4 is 28.9 Å². The third kappa shape index (κ3) is 3.76. The molecule has 1 aromatic rings. The Bertz CT molecular complexity index is 714. The van der Waals surface area contributed by atoms with Crippen LogP contribution in [0.2, 0.25) is 0 Å². The third-order valence-electron chi connectivity index (χ3n) is 4.68. The van der Waals surface area contributed by atoms with Crippen LogP contribution in [-0.4, -0.2) is 42.0 Å². The molecule has 26 heavy (non-hydrogen) atoms. The highest BCUT2D eigenvalue weighted by molar-refractivity contribution is 7.80. The van der Waals surface area contributed by atoms with E-state index in [0.717, 1.165) is 0 Å². The maximum absolute atomic E-state index is 12.8. The zero-order chi connectivity index (χ0) is 18.7. The first-order valence-electron chi connectivity index (χ1n) is 8.24. The Morgan fingerprint density at radius 1 is 1.35 bits per heavy atom. The number of nitro groups is 1. The fourth-order valence-electron chi connectivity index (χ4n) is 3.44. The van der Waals surface area contributed by atoms with Crippen molar-refractivity contribution in [2.45, 2.75) is 24.5 Å². The number of carbonyl (C=O) groups excluding carboxylic acids is 1. The summed E-state index contributed by atoms with van der Waals surface area (Å²) < 4.78 is 11.3. The molecule has 1 spiro atoms. The SMILES string of the molecule is CNC(=S)NNC(=O)C(c1cccc([N+](=O)[O-])c1)C1CC2(C1)OCCO2. The lowest BCUT2D eigenvalue weighted by atomic mass is 9.68. The van der Waals surface area contributed by atoms with E-state index in [2.05, 4.69) is 16.2 Å². The normalized spacial score (nSPS) is 19.4. The molecule has 3 N–H and O–H groups in total. The molecule has 0 bridgehead atoms. The van der Waals surface area contributed by atoms with Gasteiger partial charge in [0.25, 0.3) is 5.69 Å². The Morgan fingerprint density at radius 2 is 2.04 bits per heavy atom. The quantitative estimate of drug-likeness (QED) is 0.402. The van der Waals surface area contributed by atoms with Crippen LogP contribution < -0.4 is 16.2 Å². The minimum atomic E-state index is -0.613. The number of hydrazine groups is 1. The molecule has 3 rings (SSSR count). The number of nitro benzene ring substituents is 1. The summed E-state index contributed by atoms with van der Waals surface area (Å²) in [6.45, 7) is 1.08. The molecule has 1 unspecified atom stereocenters. The highest BCUT2D eigenvalue weighted by atomic mass is 32.1. The van der Waals surface area contributed by atoms with E-state index in [-0.39, 0.29) is 22.6 Å². The molecular weight excluding hydrogens is 360 g/mol. The molecule has 1 amide bonds. The van der Waals surface area contributed by atoms with Crippen molar-refractivity contribution in [2.24, 2.45) is 5.92 Å². The van der Waals surface area contributed by atoms with E-state index in [1.54, 1.807) is 19.2 Å². The van der Waals surface area contributed by atoms with Crippen molar-refractivity contribution < 1.29 is 19.2 Å². The minimum absolute atomic E-state index is 0.0543. The Kier molecular flexibility index (Phi) is 5.35. The van der Waals surface area contributed by atoms with E-state index >= 15 is 0 Å². The molecular formula is C16H20N4O5S. The van der Waals surface area contributed by atoms with E-state index < -0.39 is 16.6 Å². The average molecular weight is 380 g/mol. The van der Waals surface area contributed by atoms with Crippen LogP contribution in [0, 0.1) is 16.0 Å². The first-order chi connectivity index (χ1) is 12.4.